The van der Waals surface area contributed by atoms with Gasteiger partial charge in [-0.25, -0.2) is 4.98 Å². The van der Waals surface area contributed by atoms with Crippen LogP contribution in [-0.2, 0) is 5.41 Å². The van der Waals surface area contributed by atoms with Gasteiger partial charge in [0, 0.05) is 28.1 Å². The highest BCUT2D eigenvalue weighted by molar-refractivity contribution is 6.08. The molecule has 0 aliphatic heterocycles. The number of rotatable bonds is 4. The molecule has 0 atom stereocenters. The topological polar surface area (TPSA) is 38.9 Å². The fourth-order valence-corrected chi connectivity index (χ4v) is 3.96. The maximum atomic E-state index is 6.32. The van der Waals surface area contributed by atoms with E-state index in [9.17, 15) is 0 Å². The fraction of sp³-hybridized carbons (Fsp3) is 0.214. The number of pyridine rings is 2. The molecule has 0 spiro atoms. The monoisotopic (exact) mass is 406 g/mol. The molecule has 0 fully saturated rings. The van der Waals surface area contributed by atoms with Gasteiger partial charge in [-0.3, -0.25) is 4.98 Å². The van der Waals surface area contributed by atoms with Crippen LogP contribution in [0.2, 0.25) is 0 Å². The van der Waals surface area contributed by atoms with Crippen molar-refractivity contribution in [1.29, 1.82) is 0 Å². The second kappa shape index (κ2) is 7.35. The Kier molecular flexibility index (Phi) is 4.62. The summed E-state index contributed by atoms with van der Waals surface area (Å²) >= 11 is 0. The lowest BCUT2D eigenvalue weighted by atomic mass is 9.75. The van der Waals surface area contributed by atoms with Gasteiger partial charge >= 0.3 is 0 Å². The van der Waals surface area contributed by atoms with Crippen molar-refractivity contribution in [3.8, 4) is 22.5 Å². The van der Waals surface area contributed by atoms with E-state index >= 15 is 0 Å². The molecule has 0 saturated heterocycles. The molecule has 3 heteroatoms. The molecule has 5 rings (SSSR count). The lowest BCUT2D eigenvalue weighted by molar-refractivity contribution is 0.372. The van der Waals surface area contributed by atoms with Crippen LogP contribution in [0.25, 0.3) is 44.6 Å². The van der Waals surface area contributed by atoms with Crippen molar-refractivity contribution in [2.75, 3.05) is 0 Å². The lowest BCUT2D eigenvalue weighted by Crippen LogP contribution is -2.24. The van der Waals surface area contributed by atoms with Crippen molar-refractivity contribution in [2.45, 2.75) is 33.1 Å². The van der Waals surface area contributed by atoms with Gasteiger partial charge in [0.25, 0.3) is 0 Å². The summed E-state index contributed by atoms with van der Waals surface area (Å²) in [5.74, 6) is 0.519. The van der Waals surface area contributed by atoms with E-state index in [-0.39, 0.29) is 5.41 Å². The van der Waals surface area contributed by atoms with Crippen LogP contribution in [0.5, 0.6) is 0 Å². The van der Waals surface area contributed by atoms with Crippen LogP contribution in [0.4, 0.5) is 0 Å². The average molecular weight is 407 g/mol. The second-order valence-corrected chi connectivity index (χ2v) is 9.01. The summed E-state index contributed by atoms with van der Waals surface area (Å²) in [5, 5.41) is 2.09. The Labute approximate surface area is 182 Å². The molecule has 3 aromatic heterocycles. The Balaban J connectivity index is 1.67. The number of benzene rings is 2. The highest BCUT2D eigenvalue weighted by Gasteiger charge is 2.25. The molecule has 0 N–H and O–H groups in total. The normalized spacial score (nSPS) is 12.2. The minimum atomic E-state index is 0.0611. The summed E-state index contributed by atoms with van der Waals surface area (Å²) in [6, 6.07) is 24.9. The van der Waals surface area contributed by atoms with Gasteiger partial charge < -0.3 is 4.42 Å². The third-order valence-corrected chi connectivity index (χ3v) is 6.66. The SMILES string of the molecule is CC(C)C(C)(C)c1ccnc(-c2cccc3c2oc2nc(-c4ccccc4)ccc23)c1. The Hall–Kier alpha value is -3.46. The quantitative estimate of drug-likeness (QED) is 0.308. The second-order valence-electron chi connectivity index (χ2n) is 9.01. The molecule has 0 bridgehead atoms. The smallest absolute Gasteiger partial charge is 0.227 e. The number of fused-ring (bicyclic) bond motifs is 3. The molecule has 0 amide bonds. The van der Waals surface area contributed by atoms with Gasteiger partial charge in [0.1, 0.15) is 5.58 Å². The standard InChI is InChI=1S/C28H26N2O/c1-18(2)28(3,4)20-15-16-29-25(17-20)23-12-8-11-21-22-13-14-24(19-9-6-5-7-10-19)30-27(22)31-26(21)23/h5-18H,1-4H3. The summed E-state index contributed by atoms with van der Waals surface area (Å²) in [6.45, 7) is 9.09. The van der Waals surface area contributed by atoms with Gasteiger partial charge in [0.05, 0.1) is 11.4 Å². The first-order chi connectivity index (χ1) is 14.9. The predicted molar refractivity (Wildman–Crippen MR) is 128 cm³/mol. The maximum Gasteiger partial charge on any atom is 0.227 e. The summed E-state index contributed by atoms with van der Waals surface area (Å²) in [5.41, 5.74) is 6.75. The number of hydrogen-bond donors (Lipinski definition) is 0. The van der Waals surface area contributed by atoms with Crippen LogP contribution in [0.1, 0.15) is 33.3 Å². The molecule has 0 aliphatic rings. The van der Waals surface area contributed by atoms with Crippen LogP contribution in [-0.4, -0.2) is 9.97 Å². The molecule has 0 radical (unpaired) electrons. The highest BCUT2D eigenvalue weighted by Crippen LogP contribution is 2.37. The Morgan fingerprint density at radius 2 is 1.61 bits per heavy atom. The van der Waals surface area contributed by atoms with Crippen LogP contribution >= 0.6 is 0 Å². The zero-order chi connectivity index (χ0) is 21.6. The van der Waals surface area contributed by atoms with E-state index in [0.717, 1.165) is 38.9 Å². The largest absolute Gasteiger partial charge is 0.437 e. The van der Waals surface area contributed by atoms with E-state index in [4.69, 9.17) is 9.40 Å². The summed E-state index contributed by atoms with van der Waals surface area (Å²) in [4.78, 5) is 9.50. The van der Waals surface area contributed by atoms with Crippen molar-refractivity contribution in [1.82, 2.24) is 9.97 Å². The molecule has 3 nitrogen and oxygen atoms in total. The Bertz CT molecular complexity index is 1380. The molecule has 2 aromatic carbocycles. The molecule has 0 aliphatic carbocycles. The van der Waals surface area contributed by atoms with Crippen LogP contribution in [0, 0.1) is 5.92 Å². The zero-order valence-electron chi connectivity index (χ0n) is 18.4. The van der Waals surface area contributed by atoms with Crippen LogP contribution < -0.4 is 0 Å². The lowest BCUT2D eigenvalue weighted by Gasteiger charge is -2.30. The first-order valence-electron chi connectivity index (χ1n) is 10.8. The molecule has 5 aromatic rings. The number of aromatic nitrogens is 2. The van der Waals surface area contributed by atoms with Crippen molar-refractivity contribution >= 4 is 22.1 Å². The van der Waals surface area contributed by atoms with E-state index < -0.39 is 0 Å². The summed E-state index contributed by atoms with van der Waals surface area (Å²) in [7, 11) is 0. The molecular weight excluding hydrogens is 380 g/mol. The van der Waals surface area contributed by atoms with Crippen LogP contribution in [0.3, 0.4) is 0 Å². The van der Waals surface area contributed by atoms with Gasteiger partial charge in [-0.2, -0.15) is 0 Å². The van der Waals surface area contributed by atoms with E-state index in [1.54, 1.807) is 0 Å². The average Bonchev–Trinajstić information content (AvgIpc) is 3.17. The third kappa shape index (κ3) is 3.31. The summed E-state index contributed by atoms with van der Waals surface area (Å²) < 4.78 is 6.32. The molecular formula is C28H26N2O. The number of hydrogen-bond acceptors (Lipinski definition) is 3. The van der Waals surface area contributed by atoms with Gasteiger partial charge in [0.2, 0.25) is 5.71 Å². The van der Waals surface area contributed by atoms with E-state index in [2.05, 4.69) is 87.3 Å². The minimum absolute atomic E-state index is 0.0611. The molecule has 31 heavy (non-hydrogen) atoms. The maximum absolute atomic E-state index is 6.32. The third-order valence-electron chi connectivity index (χ3n) is 6.66. The summed E-state index contributed by atoms with van der Waals surface area (Å²) in [6.07, 6.45) is 1.90. The van der Waals surface area contributed by atoms with Crippen LogP contribution in [0.15, 0.2) is 83.4 Å². The number of nitrogens with zero attached hydrogens (tertiary/aromatic N) is 2. The molecule has 0 saturated carbocycles. The van der Waals surface area contributed by atoms with Gasteiger partial charge in [-0.15, -0.1) is 0 Å². The molecule has 0 unspecified atom stereocenters. The van der Waals surface area contributed by atoms with Gasteiger partial charge in [-0.1, -0.05) is 70.2 Å². The highest BCUT2D eigenvalue weighted by atomic mass is 16.3. The Morgan fingerprint density at radius 1 is 0.806 bits per heavy atom. The van der Waals surface area contributed by atoms with Crippen molar-refractivity contribution in [3.05, 3.63) is 84.6 Å². The molecule has 154 valence electrons. The number of furan rings is 1. The predicted octanol–water partition coefficient (Wildman–Crippen LogP) is 7.64. The van der Waals surface area contributed by atoms with Gasteiger partial charge in [-0.05, 0) is 47.2 Å². The first kappa shape index (κ1) is 19.5. The fourth-order valence-electron chi connectivity index (χ4n) is 3.96. The minimum Gasteiger partial charge on any atom is -0.437 e. The van der Waals surface area contributed by atoms with E-state index in [1.807, 2.05) is 24.4 Å². The first-order valence-corrected chi connectivity index (χ1v) is 10.8. The zero-order valence-corrected chi connectivity index (χ0v) is 18.4. The number of para-hydroxylation sites is 1. The van der Waals surface area contributed by atoms with Crippen molar-refractivity contribution in [3.63, 3.8) is 0 Å². The van der Waals surface area contributed by atoms with Crippen molar-refractivity contribution < 1.29 is 4.42 Å². The van der Waals surface area contributed by atoms with Crippen molar-refractivity contribution in [2.24, 2.45) is 5.92 Å². The van der Waals surface area contributed by atoms with E-state index in [1.165, 1.54) is 5.56 Å². The van der Waals surface area contributed by atoms with Gasteiger partial charge in [0.15, 0.2) is 0 Å². The van der Waals surface area contributed by atoms with E-state index in [0.29, 0.717) is 11.6 Å². The molecule has 3 heterocycles. The Morgan fingerprint density at radius 3 is 2.39 bits per heavy atom.